The Morgan fingerprint density at radius 2 is 1.88 bits per heavy atom. The maximum atomic E-state index is 13.8. The number of nitrogens with one attached hydrogen (secondary N) is 1. The third-order valence-electron chi connectivity index (χ3n) is 9.23. The second-order valence-corrected chi connectivity index (χ2v) is 13.0. The Kier molecular flexibility index (Phi) is 12.2. The number of nitrogen functional groups attached to an aromatic ring is 1. The van der Waals surface area contributed by atoms with Gasteiger partial charge < -0.3 is 20.3 Å². The highest BCUT2D eigenvalue weighted by Crippen LogP contribution is 2.40. The van der Waals surface area contributed by atoms with Crippen molar-refractivity contribution in [2.45, 2.75) is 83.5 Å². The van der Waals surface area contributed by atoms with E-state index in [9.17, 15) is 26.8 Å². The van der Waals surface area contributed by atoms with Crippen molar-refractivity contribution >= 4 is 29.2 Å². The number of nitrogens with two attached hydrogens (primary N) is 1. The van der Waals surface area contributed by atoms with E-state index in [-0.39, 0.29) is 60.7 Å². The molecule has 0 bridgehead atoms. The molecule has 0 spiro atoms. The van der Waals surface area contributed by atoms with Crippen molar-refractivity contribution in [3.8, 4) is 6.01 Å². The Labute approximate surface area is 293 Å². The van der Waals surface area contributed by atoms with Gasteiger partial charge >= 0.3 is 12.2 Å². The molecule has 3 atom stereocenters. The summed E-state index contributed by atoms with van der Waals surface area (Å²) in [7, 11) is 2.51. The fourth-order valence-electron chi connectivity index (χ4n) is 6.88. The van der Waals surface area contributed by atoms with Crippen LogP contribution in [0.5, 0.6) is 6.01 Å². The third-order valence-corrected chi connectivity index (χ3v) is 9.23. The van der Waals surface area contributed by atoms with E-state index in [0.29, 0.717) is 29.0 Å². The summed E-state index contributed by atoms with van der Waals surface area (Å²) in [5.41, 5.74) is 8.35. The highest BCUT2D eigenvalue weighted by atomic mass is 19.4. The number of amidine groups is 1. The molecule has 280 valence electrons. The molecule has 7 rings (SSSR count). The van der Waals surface area contributed by atoms with E-state index in [1.165, 1.54) is 44.9 Å². The number of methoxy groups -OCH3 is 1. The number of likely N-dealkylation sites (tertiary alicyclic amines) is 1. The van der Waals surface area contributed by atoms with Crippen molar-refractivity contribution in [3.63, 3.8) is 0 Å². The number of pyridine rings is 1. The number of amides is 1. The van der Waals surface area contributed by atoms with Gasteiger partial charge in [0, 0.05) is 50.9 Å². The van der Waals surface area contributed by atoms with E-state index in [4.69, 9.17) is 15.3 Å². The summed E-state index contributed by atoms with van der Waals surface area (Å²) in [5, 5.41) is 0.336. The van der Waals surface area contributed by atoms with Crippen LogP contribution in [0.2, 0.25) is 0 Å². The van der Waals surface area contributed by atoms with Crippen molar-refractivity contribution in [3.05, 3.63) is 40.6 Å². The molecule has 18 heteroatoms. The smallest absolute Gasteiger partial charge is 0.420 e. The fraction of sp³-hybridized carbons (Fsp3) is 0.606. The van der Waals surface area contributed by atoms with Gasteiger partial charge in [-0.15, -0.1) is 0 Å². The summed E-state index contributed by atoms with van der Waals surface area (Å²) in [5.74, 6) is 0.544. The average molecular weight is 725 g/mol. The molecule has 13 nitrogen and oxygen atoms in total. The Bertz CT molecular complexity index is 1590. The molecule has 5 aliphatic heterocycles. The Hall–Kier alpha value is -4.32. The normalized spacial score (nSPS) is 22.8. The molecule has 7 heterocycles. The Balaban J connectivity index is 0.000000173. The fourth-order valence-corrected chi connectivity index (χ4v) is 6.88. The number of halogens is 5. The number of alkyl halides is 4. The Morgan fingerprint density at radius 1 is 1.14 bits per heavy atom. The summed E-state index contributed by atoms with van der Waals surface area (Å²) in [4.78, 5) is 38.4. The standard InChI is InChI=1S/C16H18F4N6O.C10H15N3O2.C7H12FN/c1-8-6-11(21)23-14(12(8)16(17,18)19)26-5-4-9-10(7-26)22-15(27-3)24-13(9)25(2)20;1-8-11-9(15-12-8)4-5-10(14)13-6-2-3-7-13;8-6-4-7-2-1-3-9(7)5-6/h6H,4-5,7H2,1-3H3,(H2,21,23);4-5,9H,2-3,6-7H2,1H3,(H,11,12);6-7H,1-5H2/b;5-4+;. The number of nitrogens with zero attached hydrogens (tertiary/aromatic N) is 8. The van der Waals surface area contributed by atoms with E-state index in [0.717, 1.165) is 44.7 Å². The zero-order valence-electron chi connectivity index (χ0n) is 29.2. The number of hydroxylamine groups is 1. The summed E-state index contributed by atoms with van der Waals surface area (Å²) in [6, 6.07) is 1.73. The van der Waals surface area contributed by atoms with Crippen LogP contribution >= 0.6 is 0 Å². The van der Waals surface area contributed by atoms with E-state index in [1.807, 2.05) is 11.8 Å². The zero-order chi connectivity index (χ0) is 36.9. The lowest BCUT2D eigenvalue weighted by Crippen LogP contribution is -2.35. The molecule has 3 N–H and O–H groups in total. The lowest BCUT2D eigenvalue weighted by Gasteiger charge is -2.32. The van der Waals surface area contributed by atoms with Crippen molar-refractivity contribution in [1.82, 2.24) is 30.2 Å². The minimum Gasteiger partial charge on any atom is -0.467 e. The van der Waals surface area contributed by atoms with Crippen molar-refractivity contribution in [2.75, 3.05) is 62.6 Å². The predicted molar refractivity (Wildman–Crippen MR) is 181 cm³/mol. The second-order valence-electron chi connectivity index (χ2n) is 13.0. The van der Waals surface area contributed by atoms with Gasteiger partial charge in [0.25, 0.3) is 0 Å². The van der Waals surface area contributed by atoms with Crippen LogP contribution < -0.4 is 26.0 Å². The number of fused-ring (bicyclic) bond motifs is 2. The monoisotopic (exact) mass is 724 g/mol. The van der Waals surface area contributed by atoms with Crippen LogP contribution in [0, 0.1) is 6.92 Å². The van der Waals surface area contributed by atoms with Gasteiger partial charge in [0.05, 0.1) is 19.3 Å². The molecule has 5 aliphatic rings. The highest BCUT2D eigenvalue weighted by molar-refractivity contribution is 5.88. The van der Waals surface area contributed by atoms with Gasteiger partial charge in [-0.05, 0) is 76.6 Å². The van der Waals surface area contributed by atoms with E-state index in [1.54, 1.807) is 12.2 Å². The Morgan fingerprint density at radius 3 is 2.51 bits per heavy atom. The average Bonchev–Trinajstić information content (AvgIpc) is 3.89. The molecule has 2 aromatic rings. The SMILES string of the molecule is CC1=NC(/C=C/C(=O)N2CCCC2)ON1.COc1nc2c(c(N(C)F)n1)CCN(c1nc(N)cc(C)c1C(F)(F)F)C2.FC1CC2CCCN2C1. The number of hydrogen-bond acceptors (Lipinski definition) is 12. The van der Waals surface area contributed by atoms with Gasteiger partial charge in [-0.2, -0.15) is 28.3 Å². The van der Waals surface area contributed by atoms with E-state index in [2.05, 4.69) is 30.3 Å². The second kappa shape index (κ2) is 16.4. The number of ether oxygens (including phenoxy) is 1. The molecule has 0 radical (unpaired) electrons. The van der Waals surface area contributed by atoms with Gasteiger partial charge in [-0.1, -0.05) is 4.48 Å². The quantitative estimate of drug-likeness (QED) is 0.259. The van der Waals surface area contributed by atoms with Gasteiger partial charge in [0.1, 0.15) is 29.2 Å². The minimum atomic E-state index is -4.59. The van der Waals surface area contributed by atoms with Gasteiger partial charge in [-0.25, -0.2) is 19.2 Å². The first-order chi connectivity index (χ1) is 24.2. The van der Waals surface area contributed by atoms with Crippen LogP contribution in [0.3, 0.4) is 0 Å². The number of aliphatic imine (C=N–C) groups is 1. The molecule has 0 aromatic carbocycles. The highest BCUT2D eigenvalue weighted by Gasteiger charge is 2.39. The third kappa shape index (κ3) is 9.52. The number of carbonyl (C=O) groups excluding carboxylic acids is 1. The van der Waals surface area contributed by atoms with Crippen LogP contribution in [-0.4, -0.2) is 102 Å². The number of aryl methyl sites for hydroxylation is 1. The number of carbonyl (C=O) groups is 1. The predicted octanol–water partition coefficient (Wildman–Crippen LogP) is 4.31. The summed E-state index contributed by atoms with van der Waals surface area (Å²) < 4.78 is 72.1. The molecule has 0 aliphatic carbocycles. The lowest BCUT2D eigenvalue weighted by molar-refractivity contribution is -0.137. The van der Waals surface area contributed by atoms with Gasteiger partial charge in [-0.3, -0.25) is 15.2 Å². The van der Waals surface area contributed by atoms with Gasteiger partial charge in [0.2, 0.25) is 5.91 Å². The molecule has 2 aromatic heterocycles. The van der Waals surface area contributed by atoms with Gasteiger partial charge in [0.15, 0.2) is 12.0 Å². The summed E-state index contributed by atoms with van der Waals surface area (Å²) >= 11 is 0. The molecule has 51 heavy (non-hydrogen) atoms. The van der Waals surface area contributed by atoms with Crippen molar-refractivity contribution in [2.24, 2.45) is 4.99 Å². The number of anilines is 3. The van der Waals surface area contributed by atoms with Crippen LogP contribution in [-0.2, 0) is 28.8 Å². The first-order valence-electron chi connectivity index (χ1n) is 17.0. The van der Waals surface area contributed by atoms with Crippen LogP contribution in [0.25, 0.3) is 0 Å². The minimum absolute atomic E-state index is 0.00593. The van der Waals surface area contributed by atoms with Crippen LogP contribution in [0.4, 0.5) is 39.5 Å². The maximum absolute atomic E-state index is 13.8. The first-order valence-corrected chi connectivity index (χ1v) is 17.0. The topological polar surface area (TPSA) is 138 Å². The lowest BCUT2D eigenvalue weighted by atomic mass is 10.0. The summed E-state index contributed by atoms with van der Waals surface area (Å²) in [6.45, 7) is 6.93. The number of hydrogen-bond donors (Lipinski definition) is 2. The molecular weight excluding hydrogens is 679 g/mol. The van der Waals surface area contributed by atoms with E-state index >= 15 is 0 Å². The molecule has 1 amide bonds. The van der Waals surface area contributed by atoms with E-state index < -0.39 is 17.9 Å². The maximum Gasteiger partial charge on any atom is 0.420 e. The first kappa shape index (κ1) is 37.9. The van der Waals surface area contributed by atoms with Crippen LogP contribution in [0.15, 0.2) is 23.2 Å². The molecule has 3 fully saturated rings. The van der Waals surface area contributed by atoms with Crippen molar-refractivity contribution < 1.29 is 36.4 Å². The number of rotatable bonds is 5. The zero-order valence-corrected chi connectivity index (χ0v) is 29.2. The molecule has 3 unspecified atom stereocenters. The molecule has 3 saturated heterocycles. The van der Waals surface area contributed by atoms with Crippen LogP contribution in [0.1, 0.15) is 61.4 Å². The molecule has 0 saturated carbocycles. The number of aromatic nitrogens is 3. The largest absolute Gasteiger partial charge is 0.467 e. The van der Waals surface area contributed by atoms with Crippen molar-refractivity contribution in [1.29, 1.82) is 0 Å². The molecular formula is C33H45F5N10O3. The summed E-state index contributed by atoms with van der Waals surface area (Å²) in [6.07, 6.45) is 3.54.